The van der Waals surface area contributed by atoms with E-state index in [-0.39, 0.29) is 5.82 Å². The van der Waals surface area contributed by atoms with Crippen LogP contribution in [0.5, 0.6) is 0 Å². The van der Waals surface area contributed by atoms with Crippen LogP contribution in [0, 0.1) is 10.1 Å². The second kappa shape index (κ2) is 6.51. The SMILES string of the molecule is O=c1[nH]c(NCCCc2ccccc2)c([N+](=O)[O-])c(=O)[nH]1. The Morgan fingerprint density at radius 1 is 1.14 bits per heavy atom. The topological polar surface area (TPSA) is 121 Å². The highest BCUT2D eigenvalue weighted by atomic mass is 16.6. The van der Waals surface area contributed by atoms with Crippen LogP contribution in [0.4, 0.5) is 11.5 Å². The Morgan fingerprint density at radius 2 is 1.86 bits per heavy atom. The molecule has 1 aromatic heterocycles. The van der Waals surface area contributed by atoms with Crippen LogP contribution in [0.1, 0.15) is 12.0 Å². The minimum absolute atomic E-state index is 0.165. The van der Waals surface area contributed by atoms with E-state index in [0.29, 0.717) is 13.0 Å². The Morgan fingerprint density at radius 3 is 2.52 bits per heavy atom. The minimum Gasteiger partial charge on any atom is -0.366 e. The van der Waals surface area contributed by atoms with Crippen molar-refractivity contribution in [3.8, 4) is 0 Å². The summed E-state index contributed by atoms with van der Waals surface area (Å²) >= 11 is 0. The first kappa shape index (κ1) is 14.5. The quantitative estimate of drug-likeness (QED) is 0.416. The molecular weight excluding hydrogens is 276 g/mol. The number of nitro groups is 1. The largest absolute Gasteiger partial charge is 0.373 e. The molecule has 0 spiro atoms. The normalized spacial score (nSPS) is 10.3. The van der Waals surface area contributed by atoms with Crippen LogP contribution in [0.2, 0.25) is 0 Å². The standard InChI is InChI=1S/C13H14N4O4/c18-12-10(17(20)21)11(15-13(19)16-12)14-8-4-7-9-5-2-1-3-6-9/h1-3,5-6H,4,7-8H2,(H3,14,15,16,18,19). The van der Waals surface area contributed by atoms with Gasteiger partial charge in [0.05, 0.1) is 4.92 Å². The molecule has 1 heterocycles. The first-order chi connectivity index (χ1) is 10.1. The monoisotopic (exact) mass is 290 g/mol. The molecule has 0 saturated heterocycles. The van der Waals surface area contributed by atoms with Gasteiger partial charge in [0.2, 0.25) is 0 Å². The summed E-state index contributed by atoms with van der Waals surface area (Å²) in [5.41, 5.74) is -1.34. The maximum atomic E-state index is 11.4. The number of benzene rings is 1. The molecule has 0 radical (unpaired) electrons. The van der Waals surface area contributed by atoms with Gasteiger partial charge in [0.15, 0.2) is 5.82 Å². The van der Waals surface area contributed by atoms with Crippen LogP contribution in [0.3, 0.4) is 0 Å². The van der Waals surface area contributed by atoms with Crippen molar-refractivity contribution in [2.24, 2.45) is 0 Å². The number of hydrogen-bond donors (Lipinski definition) is 3. The fourth-order valence-electron chi connectivity index (χ4n) is 1.93. The predicted octanol–water partition coefficient (Wildman–Crippen LogP) is 1.02. The van der Waals surface area contributed by atoms with E-state index < -0.39 is 21.9 Å². The van der Waals surface area contributed by atoms with Crippen molar-refractivity contribution in [2.75, 3.05) is 11.9 Å². The summed E-state index contributed by atoms with van der Waals surface area (Å²) in [7, 11) is 0. The number of aryl methyl sites for hydroxylation is 1. The fraction of sp³-hybridized carbons (Fsp3) is 0.231. The van der Waals surface area contributed by atoms with E-state index in [1.165, 1.54) is 0 Å². The number of nitrogens with zero attached hydrogens (tertiary/aromatic N) is 1. The number of hydrogen-bond acceptors (Lipinski definition) is 5. The van der Waals surface area contributed by atoms with Crippen molar-refractivity contribution in [1.82, 2.24) is 9.97 Å². The maximum absolute atomic E-state index is 11.4. The van der Waals surface area contributed by atoms with Crippen LogP contribution >= 0.6 is 0 Å². The van der Waals surface area contributed by atoms with Gasteiger partial charge in [-0.3, -0.25) is 24.9 Å². The van der Waals surface area contributed by atoms with E-state index in [2.05, 4.69) is 10.3 Å². The van der Waals surface area contributed by atoms with Crippen LogP contribution in [0.25, 0.3) is 0 Å². The van der Waals surface area contributed by atoms with Gasteiger partial charge in [-0.25, -0.2) is 4.79 Å². The average Bonchev–Trinajstić information content (AvgIpc) is 2.43. The molecule has 0 atom stereocenters. The third-order valence-corrected chi connectivity index (χ3v) is 2.89. The van der Waals surface area contributed by atoms with Crippen LogP contribution < -0.4 is 16.6 Å². The molecule has 8 heteroatoms. The van der Waals surface area contributed by atoms with E-state index in [0.717, 1.165) is 12.0 Å². The average molecular weight is 290 g/mol. The predicted molar refractivity (Wildman–Crippen MR) is 77.6 cm³/mol. The van der Waals surface area contributed by atoms with Gasteiger partial charge in [-0.15, -0.1) is 0 Å². The molecule has 0 aliphatic carbocycles. The lowest BCUT2D eigenvalue weighted by atomic mass is 10.1. The second-order valence-corrected chi connectivity index (χ2v) is 4.40. The van der Waals surface area contributed by atoms with Crippen LogP contribution in [-0.4, -0.2) is 21.4 Å². The number of rotatable bonds is 6. The summed E-state index contributed by atoms with van der Waals surface area (Å²) in [6.07, 6.45) is 1.49. The zero-order valence-corrected chi connectivity index (χ0v) is 11.1. The Hall–Kier alpha value is -2.90. The zero-order valence-electron chi connectivity index (χ0n) is 11.1. The molecule has 0 fully saturated rings. The summed E-state index contributed by atoms with van der Waals surface area (Å²) in [6, 6.07) is 9.75. The molecule has 2 aromatic rings. The molecule has 110 valence electrons. The van der Waals surface area contributed by atoms with Crippen molar-refractivity contribution in [2.45, 2.75) is 12.8 Å². The number of aromatic amines is 2. The third-order valence-electron chi connectivity index (χ3n) is 2.89. The van der Waals surface area contributed by atoms with Gasteiger partial charge >= 0.3 is 16.9 Å². The molecule has 3 N–H and O–H groups in total. The first-order valence-electron chi connectivity index (χ1n) is 6.36. The summed E-state index contributed by atoms with van der Waals surface area (Å²) in [4.78, 5) is 36.6. The van der Waals surface area contributed by atoms with Gasteiger partial charge in [0.1, 0.15) is 0 Å². The molecule has 0 bridgehead atoms. The van der Waals surface area contributed by atoms with E-state index in [4.69, 9.17) is 0 Å². The van der Waals surface area contributed by atoms with Gasteiger partial charge < -0.3 is 5.32 Å². The van der Waals surface area contributed by atoms with Gasteiger partial charge in [-0.1, -0.05) is 30.3 Å². The van der Waals surface area contributed by atoms with E-state index in [9.17, 15) is 19.7 Å². The number of aromatic nitrogens is 2. The van der Waals surface area contributed by atoms with Crippen molar-refractivity contribution < 1.29 is 4.92 Å². The molecule has 0 aliphatic heterocycles. The van der Waals surface area contributed by atoms with Gasteiger partial charge in [-0.05, 0) is 18.4 Å². The molecule has 21 heavy (non-hydrogen) atoms. The molecule has 0 aliphatic rings. The van der Waals surface area contributed by atoms with Crippen LogP contribution in [0.15, 0.2) is 39.9 Å². The summed E-state index contributed by atoms with van der Waals surface area (Å²) in [5, 5.41) is 13.6. The molecular formula is C13H14N4O4. The Bertz CT molecular complexity index is 736. The lowest BCUT2D eigenvalue weighted by Gasteiger charge is -2.06. The molecule has 0 unspecified atom stereocenters. The van der Waals surface area contributed by atoms with Crippen molar-refractivity contribution in [3.05, 3.63) is 66.8 Å². The van der Waals surface area contributed by atoms with Crippen molar-refractivity contribution in [1.29, 1.82) is 0 Å². The highest BCUT2D eigenvalue weighted by Gasteiger charge is 2.20. The molecule has 1 aromatic carbocycles. The third kappa shape index (κ3) is 3.78. The van der Waals surface area contributed by atoms with Gasteiger partial charge in [0, 0.05) is 6.54 Å². The minimum atomic E-state index is -1.02. The Labute approximate surface area is 119 Å². The van der Waals surface area contributed by atoms with Crippen LogP contribution in [-0.2, 0) is 6.42 Å². The second-order valence-electron chi connectivity index (χ2n) is 4.40. The summed E-state index contributed by atoms with van der Waals surface area (Å²) in [6.45, 7) is 0.398. The smallest absolute Gasteiger partial charge is 0.366 e. The maximum Gasteiger partial charge on any atom is 0.373 e. The first-order valence-corrected chi connectivity index (χ1v) is 6.36. The van der Waals surface area contributed by atoms with Gasteiger partial charge in [-0.2, -0.15) is 0 Å². The highest BCUT2D eigenvalue weighted by molar-refractivity contribution is 5.53. The zero-order chi connectivity index (χ0) is 15.2. The molecule has 8 nitrogen and oxygen atoms in total. The fourth-order valence-corrected chi connectivity index (χ4v) is 1.93. The Kier molecular flexibility index (Phi) is 4.50. The summed E-state index contributed by atoms with van der Waals surface area (Å²) < 4.78 is 0. The molecule has 0 amide bonds. The van der Waals surface area contributed by atoms with E-state index >= 15 is 0 Å². The summed E-state index contributed by atoms with van der Waals surface area (Å²) in [5.74, 6) is -0.165. The van der Waals surface area contributed by atoms with Crippen molar-refractivity contribution >= 4 is 11.5 Å². The number of anilines is 1. The number of H-pyrrole nitrogens is 2. The van der Waals surface area contributed by atoms with E-state index in [1.807, 2.05) is 35.3 Å². The van der Waals surface area contributed by atoms with E-state index in [1.54, 1.807) is 0 Å². The lowest BCUT2D eigenvalue weighted by Crippen LogP contribution is -2.26. The number of nitrogens with one attached hydrogen (secondary N) is 3. The van der Waals surface area contributed by atoms with Gasteiger partial charge in [0.25, 0.3) is 0 Å². The highest BCUT2D eigenvalue weighted by Crippen LogP contribution is 2.13. The molecule has 2 rings (SSSR count). The lowest BCUT2D eigenvalue weighted by molar-refractivity contribution is -0.385. The van der Waals surface area contributed by atoms with Crippen molar-refractivity contribution in [3.63, 3.8) is 0 Å². The molecule has 0 saturated carbocycles. The Balaban J connectivity index is 2.02.